The van der Waals surface area contributed by atoms with E-state index in [9.17, 15) is 0 Å². The summed E-state index contributed by atoms with van der Waals surface area (Å²) in [6, 6.07) is 14.5. The Balaban J connectivity index is 0.00000112. The van der Waals surface area contributed by atoms with Crippen molar-refractivity contribution < 1.29 is 26.2 Å². The Morgan fingerprint density at radius 2 is 1.80 bits per heavy atom. The van der Waals surface area contributed by atoms with E-state index in [2.05, 4.69) is 56.0 Å². The molecule has 78 valence electrons. The Morgan fingerprint density at radius 3 is 2.47 bits per heavy atom. The van der Waals surface area contributed by atoms with Crippen LogP contribution in [-0.4, -0.2) is 8.07 Å². The van der Waals surface area contributed by atoms with Crippen LogP contribution >= 0.6 is 0 Å². The molecule has 0 saturated heterocycles. The van der Waals surface area contributed by atoms with Gasteiger partial charge in [-0.3, -0.25) is 0 Å². The van der Waals surface area contributed by atoms with E-state index in [1.54, 1.807) is 5.56 Å². The molecule has 15 heavy (non-hydrogen) atoms. The quantitative estimate of drug-likeness (QED) is 0.580. The second-order valence-corrected chi connectivity index (χ2v) is 10.7. The molecule has 0 aromatic heterocycles. The first-order valence-electron chi connectivity index (χ1n) is 5.20. The average molecular weight is 293 g/mol. The van der Waals surface area contributed by atoms with Gasteiger partial charge >= 0.3 is 0 Å². The van der Waals surface area contributed by atoms with Crippen LogP contribution in [0.5, 0.6) is 0 Å². The van der Waals surface area contributed by atoms with Crippen molar-refractivity contribution in [1.29, 1.82) is 0 Å². The molecule has 0 heterocycles. The molecule has 0 aliphatic heterocycles. The summed E-state index contributed by atoms with van der Waals surface area (Å²) >= 11 is 0. The third-order valence-electron chi connectivity index (χ3n) is 2.49. The van der Waals surface area contributed by atoms with Gasteiger partial charge in [0.05, 0.1) is 0 Å². The van der Waals surface area contributed by atoms with Gasteiger partial charge in [-0.25, -0.2) is 0 Å². The van der Waals surface area contributed by atoms with Crippen LogP contribution in [0.3, 0.4) is 0 Å². The Kier molecular flexibility index (Phi) is 4.20. The minimum Gasteiger partial charge on any atom is -0.156 e. The van der Waals surface area contributed by atoms with Crippen molar-refractivity contribution in [2.45, 2.75) is 25.7 Å². The molecular weight excluding hydrogens is 275 g/mol. The molecule has 0 nitrogen and oxygen atoms in total. The van der Waals surface area contributed by atoms with Crippen LogP contribution in [0.15, 0.2) is 36.4 Å². The van der Waals surface area contributed by atoms with Gasteiger partial charge in [-0.15, -0.1) is 35.0 Å². The van der Waals surface area contributed by atoms with Gasteiger partial charge in [0, 0.05) is 34.3 Å². The summed E-state index contributed by atoms with van der Waals surface area (Å²) in [5.74, 6) is 0. The van der Waals surface area contributed by atoms with Crippen molar-refractivity contribution in [2.24, 2.45) is 0 Å². The molecule has 2 aromatic carbocycles. The predicted molar refractivity (Wildman–Crippen MR) is 66.6 cm³/mol. The Morgan fingerprint density at radius 1 is 1.13 bits per heavy atom. The Hall–Kier alpha value is -0.0700. The fourth-order valence-electron chi connectivity index (χ4n) is 1.94. The molecule has 2 heteroatoms. The number of fused-ring (bicyclic) bond motifs is 1. The van der Waals surface area contributed by atoms with Crippen molar-refractivity contribution in [3.05, 3.63) is 42.0 Å². The van der Waals surface area contributed by atoms with Crippen molar-refractivity contribution >= 4 is 18.8 Å². The van der Waals surface area contributed by atoms with Crippen LogP contribution in [0.25, 0.3) is 10.8 Å². The first kappa shape index (κ1) is 13.0. The molecule has 0 aliphatic carbocycles. The van der Waals surface area contributed by atoms with Gasteiger partial charge in [0.15, 0.2) is 0 Å². The Labute approximate surface area is 112 Å². The van der Waals surface area contributed by atoms with Gasteiger partial charge in [-0.1, -0.05) is 31.8 Å². The third-order valence-corrected chi connectivity index (χ3v) is 3.93. The zero-order chi connectivity index (χ0) is 10.2. The van der Waals surface area contributed by atoms with E-state index in [-0.39, 0.29) is 26.2 Å². The number of rotatable bonds is 2. The van der Waals surface area contributed by atoms with Gasteiger partial charge in [0.2, 0.25) is 0 Å². The van der Waals surface area contributed by atoms with E-state index >= 15 is 0 Å². The summed E-state index contributed by atoms with van der Waals surface area (Å²) < 4.78 is 0. The van der Waals surface area contributed by atoms with Gasteiger partial charge in [-0.05, 0) is 0 Å². The van der Waals surface area contributed by atoms with Gasteiger partial charge < -0.3 is 0 Å². The topological polar surface area (TPSA) is 0 Å². The number of hydrogen-bond donors (Lipinski definition) is 0. The summed E-state index contributed by atoms with van der Waals surface area (Å²) in [5, 5.41) is 2.84. The Bertz CT molecular complexity index is 437. The maximum absolute atomic E-state index is 2.43. The summed E-state index contributed by atoms with van der Waals surface area (Å²) in [6.45, 7) is 7.28. The maximum atomic E-state index is 2.43. The van der Waals surface area contributed by atoms with E-state index in [1.807, 2.05) is 0 Å². The van der Waals surface area contributed by atoms with Crippen LogP contribution in [0.4, 0.5) is 0 Å². The van der Waals surface area contributed by atoms with Crippen LogP contribution in [0.2, 0.25) is 19.6 Å². The average Bonchev–Trinajstić information content (AvgIpc) is 2.47. The fraction of sp³-hybridized carbons (Fsp3) is 0.308. The largest absolute Gasteiger partial charge is 0.156 e. The summed E-state index contributed by atoms with van der Waals surface area (Å²) in [5.41, 5.74) is 1.54. The molecule has 0 bridgehead atoms. The molecule has 0 spiro atoms. The molecule has 0 fully saturated rings. The zero-order valence-corrected chi connectivity index (χ0v) is 13.1. The second kappa shape index (κ2) is 4.84. The standard InChI is InChI=1S/C13H17Si.Zr/c1-14(2,3)10-12-9-8-11-6-4-5-7-13(11)12;/h4-9H,10H2,1-3H3;/q-1;. The monoisotopic (exact) mass is 291 g/mol. The minimum atomic E-state index is -0.979. The van der Waals surface area contributed by atoms with Crippen molar-refractivity contribution in [3.8, 4) is 0 Å². The van der Waals surface area contributed by atoms with Gasteiger partial charge in [-0.2, -0.15) is 11.6 Å². The van der Waals surface area contributed by atoms with Gasteiger partial charge in [0.25, 0.3) is 0 Å². The first-order valence-corrected chi connectivity index (χ1v) is 8.90. The van der Waals surface area contributed by atoms with Crippen molar-refractivity contribution in [1.82, 2.24) is 0 Å². The van der Waals surface area contributed by atoms with E-state index < -0.39 is 8.07 Å². The second-order valence-electron chi connectivity index (χ2n) is 5.18. The molecule has 0 amide bonds. The third kappa shape index (κ3) is 3.19. The minimum absolute atomic E-state index is 0. The van der Waals surface area contributed by atoms with E-state index in [1.165, 1.54) is 16.8 Å². The smallest absolute Gasteiger partial charge is 0.0391 e. The molecule has 0 radical (unpaired) electrons. The molecule has 0 saturated carbocycles. The summed E-state index contributed by atoms with van der Waals surface area (Å²) in [7, 11) is -0.979. The molecule has 2 aromatic rings. The normalized spacial score (nSPS) is 11.4. The first-order chi connectivity index (χ1) is 6.56. The van der Waals surface area contributed by atoms with E-state index in [0.29, 0.717) is 0 Å². The predicted octanol–water partition coefficient (Wildman–Crippen LogP) is 3.98. The summed E-state index contributed by atoms with van der Waals surface area (Å²) in [6.07, 6.45) is 0. The van der Waals surface area contributed by atoms with Crippen LogP contribution < -0.4 is 0 Å². The zero-order valence-electron chi connectivity index (χ0n) is 9.67. The van der Waals surface area contributed by atoms with Crippen LogP contribution in [-0.2, 0) is 32.2 Å². The molecule has 0 atom stereocenters. The maximum Gasteiger partial charge on any atom is 0.0391 e. The molecular formula is C13H17SiZr-. The van der Waals surface area contributed by atoms with E-state index in [0.717, 1.165) is 0 Å². The molecule has 0 N–H and O–H groups in total. The molecule has 0 unspecified atom stereocenters. The molecule has 0 aliphatic rings. The van der Waals surface area contributed by atoms with Crippen molar-refractivity contribution in [3.63, 3.8) is 0 Å². The number of hydrogen-bond acceptors (Lipinski definition) is 0. The van der Waals surface area contributed by atoms with Gasteiger partial charge in [0.1, 0.15) is 0 Å². The fourth-order valence-corrected chi connectivity index (χ4v) is 3.39. The van der Waals surface area contributed by atoms with Crippen LogP contribution in [0.1, 0.15) is 5.56 Å². The van der Waals surface area contributed by atoms with Crippen molar-refractivity contribution in [2.75, 3.05) is 0 Å². The summed E-state index contributed by atoms with van der Waals surface area (Å²) in [4.78, 5) is 0. The number of benzene rings is 1. The SMILES string of the molecule is C[Si](C)(C)Cc1c[cH-]c2ccccc12.[Zr]. The van der Waals surface area contributed by atoms with E-state index in [4.69, 9.17) is 0 Å². The molecule has 2 rings (SSSR count). The van der Waals surface area contributed by atoms with Crippen LogP contribution in [0, 0.1) is 0 Å².